The Bertz CT molecular complexity index is 1230. The predicted octanol–water partition coefficient (Wildman–Crippen LogP) is 3.67. The molecule has 0 spiro atoms. The summed E-state index contributed by atoms with van der Waals surface area (Å²) in [5.41, 5.74) is 4.33. The van der Waals surface area contributed by atoms with Gasteiger partial charge in [0.05, 0.1) is 40.8 Å². The van der Waals surface area contributed by atoms with Crippen molar-refractivity contribution in [1.82, 2.24) is 24.8 Å². The Hall–Kier alpha value is -2.71. The van der Waals surface area contributed by atoms with E-state index in [1.54, 1.807) is 9.42 Å². The van der Waals surface area contributed by atoms with Crippen LogP contribution in [0.2, 0.25) is 5.02 Å². The third-order valence-corrected chi connectivity index (χ3v) is 6.85. The average Bonchev–Trinajstić information content (AvgIpc) is 3.45. The van der Waals surface area contributed by atoms with Gasteiger partial charge in [-0.15, -0.1) is 0 Å². The standard InChI is InChI=1S/C23H25ClFN5O2/c1-12-6-16(26-8-12)11-32-20-7-15(25)4-5-17(20)23(31)29-9-18-19(10-29)28-30-14(3)21(24)13(2)27-22(18)30/h4-5,7,12,16,26H,6,8-11H2,1-3H3. The molecule has 9 heteroatoms. The summed E-state index contributed by atoms with van der Waals surface area (Å²) in [6, 6.07) is 4.27. The Morgan fingerprint density at radius 1 is 1.34 bits per heavy atom. The number of halogens is 2. The molecule has 2 aliphatic rings. The van der Waals surface area contributed by atoms with Crippen molar-refractivity contribution < 1.29 is 13.9 Å². The number of amides is 1. The molecule has 1 N–H and O–H groups in total. The molecule has 0 bridgehead atoms. The van der Waals surface area contributed by atoms with Crippen molar-refractivity contribution in [3.05, 3.63) is 57.2 Å². The van der Waals surface area contributed by atoms with Crippen molar-refractivity contribution in [1.29, 1.82) is 0 Å². The molecule has 168 valence electrons. The van der Waals surface area contributed by atoms with Gasteiger partial charge in [-0.1, -0.05) is 18.5 Å². The molecule has 32 heavy (non-hydrogen) atoms. The molecule has 1 aromatic carbocycles. The number of carbonyl (C=O) groups is 1. The maximum atomic E-state index is 13.9. The van der Waals surface area contributed by atoms with Crippen LogP contribution >= 0.6 is 11.6 Å². The lowest BCUT2D eigenvalue weighted by molar-refractivity contribution is 0.0744. The van der Waals surface area contributed by atoms with E-state index in [0.717, 1.165) is 35.6 Å². The van der Waals surface area contributed by atoms with Gasteiger partial charge in [-0.2, -0.15) is 5.10 Å². The van der Waals surface area contributed by atoms with E-state index in [9.17, 15) is 9.18 Å². The van der Waals surface area contributed by atoms with Gasteiger partial charge in [0.1, 0.15) is 18.2 Å². The van der Waals surface area contributed by atoms with E-state index in [4.69, 9.17) is 16.3 Å². The molecule has 0 aliphatic carbocycles. The van der Waals surface area contributed by atoms with Gasteiger partial charge in [-0.05, 0) is 44.9 Å². The molecule has 4 heterocycles. The van der Waals surface area contributed by atoms with Crippen molar-refractivity contribution in [2.45, 2.75) is 46.3 Å². The molecular weight excluding hydrogens is 433 g/mol. The van der Waals surface area contributed by atoms with Crippen molar-refractivity contribution in [2.24, 2.45) is 5.92 Å². The highest BCUT2D eigenvalue weighted by atomic mass is 35.5. The highest BCUT2D eigenvalue weighted by molar-refractivity contribution is 6.31. The number of benzene rings is 1. The normalized spacial score (nSPS) is 20.2. The minimum Gasteiger partial charge on any atom is -0.491 e. The summed E-state index contributed by atoms with van der Waals surface area (Å²) < 4.78 is 21.6. The van der Waals surface area contributed by atoms with Crippen LogP contribution in [0, 0.1) is 25.6 Å². The van der Waals surface area contributed by atoms with Crippen molar-refractivity contribution in [3.63, 3.8) is 0 Å². The van der Waals surface area contributed by atoms with Crippen LogP contribution in [0.5, 0.6) is 5.75 Å². The molecule has 2 aromatic heterocycles. The number of nitrogens with one attached hydrogen (secondary N) is 1. The van der Waals surface area contributed by atoms with Gasteiger partial charge in [-0.3, -0.25) is 4.79 Å². The second kappa shape index (κ2) is 8.01. The van der Waals surface area contributed by atoms with E-state index in [2.05, 4.69) is 22.3 Å². The lowest BCUT2D eigenvalue weighted by atomic mass is 10.1. The number of nitrogens with zero attached hydrogens (tertiary/aromatic N) is 4. The zero-order valence-electron chi connectivity index (χ0n) is 18.3. The van der Waals surface area contributed by atoms with Crippen LogP contribution in [0.25, 0.3) is 5.65 Å². The topological polar surface area (TPSA) is 71.8 Å². The summed E-state index contributed by atoms with van der Waals surface area (Å²) in [6.07, 6.45) is 0.996. The first-order valence-corrected chi connectivity index (χ1v) is 11.2. The lowest BCUT2D eigenvalue weighted by Crippen LogP contribution is -2.30. The molecule has 1 saturated heterocycles. The van der Waals surface area contributed by atoms with E-state index < -0.39 is 5.82 Å². The minimum atomic E-state index is -0.432. The van der Waals surface area contributed by atoms with E-state index in [-0.39, 0.29) is 17.7 Å². The van der Waals surface area contributed by atoms with E-state index in [1.807, 2.05) is 13.8 Å². The summed E-state index contributed by atoms with van der Waals surface area (Å²) in [5.74, 6) is 0.201. The summed E-state index contributed by atoms with van der Waals surface area (Å²) in [5, 5.41) is 8.61. The van der Waals surface area contributed by atoms with E-state index in [1.165, 1.54) is 18.2 Å². The smallest absolute Gasteiger partial charge is 0.258 e. The molecule has 5 rings (SSSR count). The molecule has 7 nitrogen and oxygen atoms in total. The van der Waals surface area contributed by atoms with Gasteiger partial charge in [-0.25, -0.2) is 13.9 Å². The highest BCUT2D eigenvalue weighted by Gasteiger charge is 2.32. The molecule has 1 amide bonds. The monoisotopic (exact) mass is 457 g/mol. The molecular formula is C23H25ClFN5O2. The molecule has 3 aromatic rings. The largest absolute Gasteiger partial charge is 0.491 e. The number of hydrogen-bond acceptors (Lipinski definition) is 5. The number of aromatic nitrogens is 3. The minimum absolute atomic E-state index is 0.199. The Morgan fingerprint density at radius 2 is 2.16 bits per heavy atom. The number of carbonyl (C=O) groups excluding carboxylic acids is 1. The van der Waals surface area contributed by atoms with Crippen LogP contribution < -0.4 is 10.1 Å². The van der Waals surface area contributed by atoms with Crippen LogP contribution in [-0.4, -0.2) is 44.6 Å². The maximum absolute atomic E-state index is 13.9. The first-order chi connectivity index (χ1) is 15.3. The van der Waals surface area contributed by atoms with E-state index in [0.29, 0.717) is 41.8 Å². The first-order valence-electron chi connectivity index (χ1n) is 10.8. The van der Waals surface area contributed by atoms with Crippen LogP contribution in [0.1, 0.15) is 46.3 Å². The maximum Gasteiger partial charge on any atom is 0.258 e. The quantitative estimate of drug-likeness (QED) is 0.647. The van der Waals surface area contributed by atoms with Gasteiger partial charge in [0.2, 0.25) is 0 Å². The van der Waals surface area contributed by atoms with Crippen LogP contribution in [-0.2, 0) is 13.1 Å². The van der Waals surface area contributed by atoms with Crippen molar-refractivity contribution in [2.75, 3.05) is 13.2 Å². The van der Waals surface area contributed by atoms with Gasteiger partial charge >= 0.3 is 0 Å². The fraction of sp³-hybridized carbons (Fsp3) is 0.435. The van der Waals surface area contributed by atoms with E-state index >= 15 is 0 Å². The second-order valence-corrected chi connectivity index (χ2v) is 9.19. The zero-order chi connectivity index (χ0) is 22.6. The number of fused-ring (bicyclic) bond motifs is 3. The zero-order valence-corrected chi connectivity index (χ0v) is 19.0. The molecule has 1 fully saturated rings. The summed E-state index contributed by atoms with van der Waals surface area (Å²) in [4.78, 5) is 19.6. The number of ether oxygens (including phenoxy) is 1. The van der Waals surface area contributed by atoms with Crippen molar-refractivity contribution >= 4 is 23.2 Å². The van der Waals surface area contributed by atoms with Gasteiger partial charge < -0.3 is 15.0 Å². The molecule has 2 aliphatic heterocycles. The molecule has 0 saturated carbocycles. The van der Waals surface area contributed by atoms with Gasteiger partial charge in [0.25, 0.3) is 5.91 Å². The Morgan fingerprint density at radius 3 is 2.91 bits per heavy atom. The Labute approximate surface area is 190 Å². The number of hydrogen-bond donors (Lipinski definition) is 1. The third kappa shape index (κ3) is 3.61. The Kier molecular flexibility index (Phi) is 5.29. The fourth-order valence-corrected chi connectivity index (χ4v) is 4.68. The summed E-state index contributed by atoms with van der Waals surface area (Å²) in [7, 11) is 0. The molecule has 2 atom stereocenters. The SMILES string of the molecule is Cc1nc2c3c(nn2c(C)c1Cl)CN(C(=O)c1ccc(F)cc1OCC1CC(C)CN1)C3. The van der Waals surface area contributed by atoms with Crippen LogP contribution in [0.4, 0.5) is 4.39 Å². The van der Waals surface area contributed by atoms with Gasteiger partial charge in [0, 0.05) is 17.7 Å². The predicted molar refractivity (Wildman–Crippen MR) is 119 cm³/mol. The highest BCUT2D eigenvalue weighted by Crippen LogP contribution is 2.31. The lowest BCUT2D eigenvalue weighted by Gasteiger charge is -2.19. The molecule has 0 radical (unpaired) electrons. The van der Waals surface area contributed by atoms with Crippen molar-refractivity contribution in [3.8, 4) is 5.75 Å². The van der Waals surface area contributed by atoms with Crippen LogP contribution in [0.15, 0.2) is 18.2 Å². The van der Waals surface area contributed by atoms with Gasteiger partial charge in [0.15, 0.2) is 5.65 Å². The van der Waals surface area contributed by atoms with Crippen LogP contribution in [0.3, 0.4) is 0 Å². The summed E-state index contributed by atoms with van der Waals surface area (Å²) >= 11 is 6.32. The molecule has 2 unspecified atom stereocenters. The Balaban J connectivity index is 1.38. The number of aryl methyl sites for hydroxylation is 2. The number of rotatable bonds is 4. The second-order valence-electron chi connectivity index (χ2n) is 8.82. The fourth-order valence-electron chi connectivity index (χ4n) is 4.56. The average molecular weight is 458 g/mol. The third-order valence-electron chi connectivity index (χ3n) is 6.30. The first kappa shape index (κ1) is 21.2. The summed E-state index contributed by atoms with van der Waals surface area (Å²) in [6.45, 7) is 8.00.